The van der Waals surface area contributed by atoms with E-state index in [1.54, 1.807) is 0 Å². The van der Waals surface area contributed by atoms with E-state index in [2.05, 4.69) is 47.5 Å². The van der Waals surface area contributed by atoms with Crippen LogP contribution in [0.1, 0.15) is 56.7 Å². The molecule has 1 saturated carbocycles. The van der Waals surface area contributed by atoms with E-state index in [9.17, 15) is 0 Å². The number of rotatable bonds is 7. The van der Waals surface area contributed by atoms with Crippen LogP contribution >= 0.6 is 0 Å². The normalized spacial score (nSPS) is 29.8. The fraction of sp³-hybridized carbons (Fsp3) is 0.850. The Kier molecular flexibility index (Phi) is 6.72. The van der Waals surface area contributed by atoms with Gasteiger partial charge >= 0.3 is 0 Å². The third-order valence-corrected chi connectivity index (χ3v) is 6.13. The maximum atomic E-state index is 6.22. The molecule has 0 unspecified atom stereocenters. The molecule has 1 aromatic rings. The van der Waals surface area contributed by atoms with Crippen LogP contribution in [-0.2, 0) is 16.0 Å². The van der Waals surface area contributed by atoms with Gasteiger partial charge < -0.3 is 19.7 Å². The molecule has 2 fully saturated rings. The first kappa shape index (κ1) is 19.8. The van der Waals surface area contributed by atoms with Gasteiger partial charge in [0, 0.05) is 56.1 Å². The summed E-state index contributed by atoms with van der Waals surface area (Å²) in [5, 5.41) is 10.9. The molecule has 148 valence electrons. The van der Waals surface area contributed by atoms with Crippen LogP contribution in [0.5, 0.6) is 0 Å². The predicted molar refractivity (Wildman–Crippen MR) is 103 cm³/mol. The molecule has 6 heteroatoms. The lowest BCUT2D eigenvalue weighted by Crippen LogP contribution is -2.47. The minimum atomic E-state index is -0.331. The van der Waals surface area contributed by atoms with Gasteiger partial charge in [-0.3, -0.25) is 5.10 Å². The van der Waals surface area contributed by atoms with Gasteiger partial charge in [-0.1, -0.05) is 13.8 Å². The molecule has 1 spiro atoms. The zero-order valence-corrected chi connectivity index (χ0v) is 16.9. The summed E-state index contributed by atoms with van der Waals surface area (Å²) in [4.78, 5) is 2.34. The summed E-state index contributed by atoms with van der Waals surface area (Å²) in [6.45, 7) is 9.16. The molecule has 1 saturated heterocycles. The summed E-state index contributed by atoms with van der Waals surface area (Å²) in [5.41, 5.74) is 2.57. The van der Waals surface area contributed by atoms with Crippen molar-refractivity contribution in [1.29, 1.82) is 0 Å². The minimum Gasteiger partial charge on any atom is -0.350 e. The number of aromatic amines is 1. The van der Waals surface area contributed by atoms with Crippen LogP contribution in [-0.4, -0.2) is 61.3 Å². The van der Waals surface area contributed by atoms with Crippen molar-refractivity contribution in [2.45, 2.75) is 57.8 Å². The Bertz CT molecular complexity index is 542. The summed E-state index contributed by atoms with van der Waals surface area (Å²) in [6.07, 6.45) is 6.19. The van der Waals surface area contributed by atoms with Gasteiger partial charge in [0.05, 0.1) is 18.9 Å². The number of H-pyrrole nitrogens is 1. The smallest absolute Gasteiger partial charge is 0.168 e. The van der Waals surface area contributed by atoms with Crippen LogP contribution in [0.2, 0.25) is 0 Å². The molecule has 26 heavy (non-hydrogen) atoms. The van der Waals surface area contributed by atoms with Gasteiger partial charge in [-0.05, 0) is 32.9 Å². The molecule has 2 aliphatic rings. The van der Waals surface area contributed by atoms with Crippen LogP contribution in [0.3, 0.4) is 0 Å². The Labute approximate surface area is 158 Å². The topological polar surface area (TPSA) is 62.4 Å². The van der Waals surface area contributed by atoms with Crippen molar-refractivity contribution < 1.29 is 9.47 Å². The number of nitrogens with one attached hydrogen (secondary N) is 2. The molecule has 0 aromatic carbocycles. The second kappa shape index (κ2) is 8.83. The molecular formula is C20H36N4O2. The van der Waals surface area contributed by atoms with Gasteiger partial charge in [0.2, 0.25) is 0 Å². The van der Waals surface area contributed by atoms with Crippen LogP contribution in [0.4, 0.5) is 0 Å². The number of hydrogen-bond donors (Lipinski definition) is 2. The highest BCUT2D eigenvalue weighted by molar-refractivity contribution is 5.21. The van der Waals surface area contributed by atoms with Crippen LogP contribution in [0.25, 0.3) is 0 Å². The summed E-state index contributed by atoms with van der Waals surface area (Å²) < 4.78 is 12.4. The summed E-state index contributed by atoms with van der Waals surface area (Å²) in [7, 11) is 4.16. The first-order chi connectivity index (χ1) is 12.5. The largest absolute Gasteiger partial charge is 0.350 e. The zero-order valence-electron chi connectivity index (χ0n) is 16.9. The Balaban J connectivity index is 1.54. The monoisotopic (exact) mass is 364 g/mol. The lowest BCUT2D eigenvalue weighted by atomic mass is 9.81. The van der Waals surface area contributed by atoms with Crippen molar-refractivity contribution in [3.8, 4) is 0 Å². The molecule has 1 aromatic heterocycles. The highest BCUT2D eigenvalue weighted by Crippen LogP contribution is 2.43. The molecule has 0 atom stereocenters. The minimum absolute atomic E-state index is 0.331. The first-order valence-corrected chi connectivity index (χ1v) is 10.2. The highest BCUT2D eigenvalue weighted by atomic mass is 16.7. The SMILES string of the molecule is CNCCN(C)Cc1c[nH]nc1C1CCC2(CC1)OCC(C(C)C)CO2. The number of likely N-dealkylation sites (N-methyl/N-ethyl adjacent to an activating group) is 2. The number of ether oxygens (including phenoxy) is 2. The Morgan fingerprint density at radius 2 is 2.00 bits per heavy atom. The first-order valence-electron chi connectivity index (χ1n) is 10.2. The molecule has 2 heterocycles. The lowest BCUT2D eigenvalue weighted by molar-refractivity contribution is -0.300. The van der Waals surface area contributed by atoms with Gasteiger partial charge in [0.15, 0.2) is 5.79 Å². The van der Waals surface area contributed by atoms with Crippen molar-refractivity contribution >= 4 is 0 Å². The quantitative estimate of drug-likeness (QED) is 0.779. The molecule has 1 aliphatic carbocycles. The third kappa shape index (κ3) is 4.66. The second-order valence-electron chi connectivity index (χ2n) is 8.45. The van der Waals surface area contributed by atoms with Crippen molar-refractivity contribution in [3.63, 3.8) is 0 Å². The van der Waals surface area contributed by atoms with Crippen molar-refractivity contribution in [2.24, 2.45) is 11.8 Å². The van der Waals surface area contributed by atoms with Crippen LogP contribution in [0.15, 0.2) is 6.20 Å². The average molecular weight is 365 g/mol. The predicted octanol–water partition coefficient (Wildman–Crippen LogP) is 2.73. The van der Waals surface area contributed by atoms with E-state index in [-0.39, 0.29) is 5.79 Å². The van der Waals surface area contributed by atoms with E-state index in [1.165, 1.54) is 11.3 Å². The van der Waals surface area contributed by atoms with Gasteiger partial charge in [0.25, 0.3) is 0 Å². The summed E-state index contributed by atoms with van der Waals surface area (Å²) in [5.74, 6) is 1.33. The molecule has 6 nitrogen and oxygen atoms in total. The Hall–Kier alpha value is -0.950. The molecular weight excluding hydrogens is 328 g/mol. The van der Waals surface area contributed by atoms with Crippen LogP contribution < -0.4 is 5.32 Å². The second-order valence-corrected chi connectivity index (χ2v) is 8.45. The maximum Gasteiger partial charge on any atom is 0.168 e. The Morgan fingerprint density at radius 3 is 2.62 bits per heavy atom. The fourth-order valence-corrected chi connectivity index (χ4v) is 4.09. The fourth-order valence-electron chi connectivity index (χ4n) is 4.09. The zero-order chi connectivity index (χ0) is 18.6. The van der Waals surface area contributed by atoms with Crippen molar-refractivity contribution in [1.82, 2.24) is 20.4 Å². The third-order valence-electron chi connectivity index (χ3n) is 6.13. The molecule has 3 rings (SSSR count). The lowest BCUT2D eigenvalue weighted by Gasteiger charge is -2.45. The van der Waals surface area contributed by atoms with Crippen molar-refractivity contribution in [2.75, 3.05) is 40.4 Å². The van der Waals surface area contributed by atoms with Crippen LogP contribution in [0, 0.1) is 11.8 Å². The molecule has 1 aliphatic heterocycles. The summed E-state index contributed by atoms with van der Waals surface area (Å²) in [6, 6.07) is 0. The molecule has 0 amide bonds. The Morgan fingerprint density at radius 1 is 1.31 bits per heavy atom. The molecule has 2 N–H and O–H groups in total. The van der Waals surface area contributed by atoms with Gasteiger partial charge in [-0.2, -0.15) is 5.10 Å². The van der Waals surface area contributed by atoms with Gasteiger partial charge in [-0.15, -0.1) is 0 Å². The average Bonchev–Trinajstić information content (AvgIpc) is 3.09. The number of aromatic nitrogens is 2. The van der Waals surface area contributed by atoms with E-state index >= 15 is 0 Å². The maximum absolute atomic E-state index is 6.22. The molecule has 0 radical (unpaired) electrons. The highest BCUT2D eigenvalue weighted by Gasteiger charge is 2.42. The molecule has 0 bridgehead atoms. The number of hydrogen-bond acceptors (Lipinski definition) is 5. The van der Waals surface area contributed by atoms with E-state index in [0.717, 1.165) is 58.5 Å². The van der Waals surface area contributed by atoms with E-state index < -0.39 is 0 Å². The standard InChI is InChI=1S/C20H36N4O2/c1-15(2)18-13-25-20(26-14-18)7-5-16(6-8-20)19-17(11-22-23-19)12-24(4)10-9-21-3/h11,15-16,18,21H,5-10,12-14H2,1-4H3,(H,22,23). The van der Waals surface area contributed by atoms with Gasteiger partial charge in [0.1, 0.15) is 0 Å². The van der Waals surface area contributed by atoms with E-state index in [4.69, 9.17) is 9.47 Å². The van der Waals surface area contributed by atoms with E-state index in [0.29, 0.717) is 17.8 Å². The van der Waals surface area contributed by atoms with E-state index in [1.807, 2.05) is 7.05 Å². The van der Waals surface area contributed by atoms with Gasteiger partial charge in [-0.25, -0.2) is 0 Å². The number of nitrogens with zero attached hydrogens (tertiary/aromatic N) is 2. The summed E-state index contributed by atoms with van der Waals surface area (Å²) >= 11 is 0. The van der Waals surface area contributed by atoms with Crippen molar-refractivity contribution in [3.05, 3.63) is 17.5 Å².